The molecule has 0 radical (unpaired) electrons. The van der Waals surface area contributed by atoms with Gasteiger partial charge in [-0.25, -0.2) is 9.50 Å². The number of benzene rings is 1. The second-order valence-corrected chi connectivity index (χ2v) is 6.44. The minimum absolute atomic E-state index is 0.540. The predicted octanol–water partition coefficient (Wildman–Crippen LogP) is 3.99. The van der Waals surface area contributed by atoms with E-state index < -0.39 is 0 Å². The Morgan fingerprint density at radius 3 is 2.57 bits per heavy atom. The molecule has 0 saturated carbocycles. The molecule has 0 amide bonds. The van der Waals surface area contributed by atoms with Crippen molar-refractivity contribution in [3.63, 3.8) is 0 Å². The molecule has 30 heavy (non-hydrogen) atoms. The average Bonchev–Trinajstić information content (AvgIpc) is 3.20. The highest BCUT2D eigenvalue weighted by atomic mass is 16.5. The van der Waals surface area contributed by atoms with E-state index in [0.717, 1.165) is 22.5 Å². The molecule has 0 aliphatic rings. The summed E-state index contributed by atoms with van der Waals surface area (Å²) in [5, 5.41) is 7.74. The number of fused-ring (bicyclic) bond motifs is 1. The zero-order valence-corrected chi connectivity index (χ0v) is 17.5. The number of nitrogens with zero attached hydrogens (tertiary/aromatic N) is 4. The molecule has 2 aromatic heterocycles. The molecule has 3 rings (SSSR count). The molecule has 0 spiro atoms. The lowest BCUT2D eigenvalue weighted by atomic mass is 10.1. The van der Waals surface area contributed by atoms with E-state index in [9.17, 15) is 0 Å². The van der Waals surface area contributed by atoms with Crippen LogP contribution in [0.5, 0.6) is 17.2 Å². The summed E-state index contributed by atoms with van der Waals surface area (Å²) in [5.41, 5.74) is 3.56. The number of anilines is 1. The number of hydrogen-bond acceptors (Lipinski definition) is 7. The van der Waals surface area contributed by atoms with Gasteiger partial charge in [-0.3, -0.25) is 4.99 Å². The van der Waals surface area contributed by atoms with Crippen LogP contribution >= 0.6 is 0 Å². The topological polar surface area (TPSA) is 82.3 Å². The third kappa shape index (κ3) is 4.43. The van der Waals surface area contributed by atoms with Crippen molar-refractivity contribution in [3.8, 4) is 28.4 Å². The molecule has 0 unspecified atom stereocenters. The smallest absolute Gasteiger partial charge is 0.203 e. The SMILES string of the molecule is C=N/C=C\C=C(/C)CNc1ccn2ncc(-c3cc(OC)c(OC)c(OC)c3)c2n1. The highest BCUT2D eigenvalue weighted by Crippen LogP contribution is 2.41. The lowest BCUT2D eigenvalue weighted by Crippen LogP contribution is -2.05. The number of rotatable bonds is 9. The van der Waals surface area contributed by atoms with Gasteiger partial charge in [0.1, 0.15) is 5.82 Å². The highest BCUT2D eigenvalue weighted by Gasteiger charge is 2.17. The highest BCUT2D eigenvalue weighted by molar-refractivity contribution is 5.80. The van der Waals surface area contributed by atoms with Crippen LogP contribution in [-0.2, 0) is 0 Å². The zero-order chi connectivity index (χ0) is 21.5. The summed E-state index contributed by atoms with van der Waals surface area (Å²) in [7, 11) is 4.76. The lowest BCUT2D eigenvalue weighted by Gasteiger charge is -2.13. The molecular weight excluding hydrogens is 382 g/mol. The molecule has 2 heterocycles. The maximum absolute atomic E-state index is 5.47. The molecule has 156 valence electrons. The molecule has 8 nitrogen and oxygen atoms in total. The van der Waals surface area contributed by atoms with Crippen LogP contribution in [0.1, 0.15) is 6.92 Å². The van der Waals surface area contributed by atoms with Crippen LogP contribution in [0.2, 0.25) is 0 Å². The third-order valence-corrected chi connectivity index (χ3v) is 4.47. The fourth-order valence-corrected chi connectivity index (χ4v) is 2.96. The van der Waals surface area contributed by atoms with E-state index in [1.807, 2.05) is 43.5 Å². The molecular formula is C22H25N5O3. The molecule has 3 aromatic rings. The minimum atomic E-state index is 0.540. The van der Waals surface area contributed by atoms with Crippen molar-refractivity contribution in [2.75, 3.05) is 33.2 Å². The third-order valence-electron chi connectivity index (χ3n) is 4.47. The summed E-state index contributed by atoms with van der Waals surface area (Å²) >= 11 is 0. The fraction of sp³-hybridized carbons (Fsp3) is 0.227. The van der Waals surface area contributed by atoms with Gasteiger partial charge in [0.05, 0.1) is 27.5 Å². The standard InChI is InChI=1S/C22H25N5O3/c1-15(7-6-9-23-2)13-24-20-8-10-27-22(26-20)17(14-25-27)16-11-18(28-3)21(30-5)19(12-16)29-4/h6-12,14H,2,13H2,1,3-5H3,(H,24,26)/b9-6-,15-7+. The van der Waals surface area contributed by atoms with Gasteiger partial charge in [-0.1, -0.05) is 11.6 Å². The fourth-order valence-electron chi connectivity index (χ4n) is 2.96. The Bertz CT molecular complexity index is 1080. The molecule has 0 aliphatic carbocycles. The van der Waals surface area contributed by atoms with Crippen molar-refractivity contribution < 1.29 is 14.2 Å². The van der Waals surface area contributed by atoms with Crippen molar-refractivity contribution in [1.82, 2.24) is 14.6 Å². The Morgan fingerprint density at radius 1 is 1.20 bits per heavy atom. The van der Waals surface area contributed by atoms with Crippen molar-refractivity contribution in [2.45, 2.75) is 6.92 Å². The van der Waals surface area contributed by atoms with E-state index in [1.165, 1.54) is 0 Å². The first-order valence-electron chi connectivity index (χ1n) is 9.28. The zero-order valence-electron chi connectivity index (χ0n) is 17.5. The Morgan fingerprint density at radius 2 is 1.93 bits per heavy atom. The van der Waals surface area contributed by atoms with Gasteiger partial charge < -0.3 is 19.5 Å². The van der Waals surface area contributed by atoms with Crippen LogP contribution in [-0.4, -0.2) is 49.2 Å². The number of allylic oxidation sites excluding steroid dienone is 2. The first kappa shape index (κ1) is 20.9. The van der Waals surface area contributed by atoms with Gasteiger partial charge >= 0.3 is 0 Å². The quantitative estimate of drug-likeness (QED) is 0.427. The van der Waals surface area contributed by atoms with Gasteiger partial charge in [-0.15, -0.1) is 0 Å². The van der Waals surface area contributed by atoms with Crippen LogP contribution in [0.3, 0.4) is 0 Å². The van der Waals surface area contributed by atoms with Crippen molar-refractivity contribution in [2.24, 2.45) is 4.99 Å². The normalized spacial score (nSPS) is 11.7. The van der Waals surface area contributed by atoms with E-state index in [0.29, 0.717) is 29.4 Å². The Hall–Kier alpha value is -3.81. The molecule has 1 N–H and O–H groups in total. The number of aromatic nitrogens is 3. The van der Waals surface area contributed by atoms with Gasteiger partial charge in [-0.2, -0.15) is 5.10 Å². The Labute approximate surface area is 175 Å². The van der Waals surface area contributed by atoms with Gasteiger partial charge in [0.15, 0.2) is 17.1 Å². The largest absolute Gasteiger partial charge is 0.493 e. The van der Waals surface area contributed by atoms with Gasteiger partial charge in [0, 0.05) is 24.5 Å². The summed E-state index contributed by atoms with van der Waals surface area (Å²) < 4.78 is 18.1. The van der Waals surface area contributed by atoms with E-state index in [1.54, 1.807) is 38.2 Å². The maximum atomic E-state index is 5.47. The van der Waals surface area contributed by atoms with Crippen LogP contribution in [0.25, 0.3) is 16.8 Å². The molecule has 0 bridgehead atoms. The minimum Gasteiger partial charge on any atom is -0.493 e. The summed E-state index contributed by atoms with van der Waals surface area (Å²) in [6.45, 7) is 6.09. The maximum Gasteiger partial charge on any atom is 0.203 e. The number of aliphatic imine (C=N–C) groups is 1. The van der Waals surface area contributed by atoms with Crippen LogP contribution in [0.15, 0.2) is 59.5 Å². The van der Waals surface area contributed by atoms with Gasteiger partial charge in [0.25, 0.3) is 0 Å². The van der Waals surface area contributed by atoms with Crippen molar-refractivity contribution in [3.05, 3.63) is 54.5 Å². The van der Waals surface area contributed by atoms with Crippen molar-refractivity contribution >= 4 is 18.2 Å². The second kappa shape index (κ2) is 9.60. The summed E-state index contributed by atoms with van der Waals surface area (Å²) in [6.07, 6.45) is 9.10. The number of hydrogen-bond donors (Lipinski definition) is 1. The van der Waals surface area contributed by atoms with E-state index >= 15 is 0 Å². The lowest BCUT2D eigenvalue weighted by molar-refractivity contribution is 0.324. The number of ether oxygens (including phenoxy) is 3. The average molecular weight is 407 g/mol. The Kier molecular flexibility index (Phi) is 6.69. The molecule has 0 fully saturated rings. The monoisotopic (exact) mass is 407 g/mol. The molecule has 0 saturated heterocycles. The molecule has 0 atom stereocenters. The van der Waals surface area contributed by atoms with E-state index in [4.69, 9.17) is 19.2 Å². The van der Waals surface area contributed by atoms with Crippen molar-refractivity contribution in [1.29, 1.82) is 0 Å². The van der Waals surface area contributed by atoms with Gasteiger partial charge in [0.2, 0.25) is 5.75 Å². The summed E-state index contributed by atoms with van der Waals surface area (Å²) in [5.74, 6) is 2.43. The van der Waals surface area contributed by atoms with Crippen LogP contribution < -0.4 is 19.5 Å². The predicted molar refractivity (Wildman–Crippen MR) is 119 cm³/mol. The number of nitrogens with one attached hydrogen (secondary N) is 1. The molecule has 8 heteroatoms. The molecule has 0 aliphatic heterocycles. The van der Waals surface area contributed by atoms with Crippen LogP contribution in [0.4, 0.5) is 5.82 Å². The van der Waals surface area contributed by atoms with E-state index in [-0.39, 0.29) is 0 Å². The second-order valence-electron chi connectivity index (χ2n) is 6.44. The first-order chi connectivity index (χ1) is 14.6. The van der Waals surface area contributed by atoms with Crippen LogP contribution in [0, 0.1) is 0 Å². The Balaban J connectivity index is 1.95. The number of methoxy groups -OCH3 is 3. The van der Waals surface area contributed by atoms with E-state index in [2.05, 4.69) is 22.1 Å². The van der Waals surface area contributed by atoms with Gasteiger partial charge in [-0.05, 0) is 43.5 Å². The summed E-state index contributed by atoms with van der Waals surface area (Å²) in [4.78, 5) is 8.42. The molecule has 1 aromatic carbocycles. The first-order valence-corrected chi connectivity index (χ1v) is 9.28. The summed E-state index contributed by atoms with van der Waals surface area (Å²) in [6, 6.07) is 5.65.